The van der Waals surface area contributed by atoms with Gasteiger partial charge >= 0.3 is 0 Å². The number of nitrogens with one attached hydrogen (secondary N) is 1. The lowest BCUT2D eigenvalue weighted by Gasteiger charge is -2.07. The maximum Gasteiger partial charge on any atom is 0.137 e. The zero-order chi connectivity index (χ0) is 13.8. The summed E-state index contributed by atoms with van der Waals surface area (Å²) in [4.78, 5) is 4.37. The van der Waals surface area contributed by atoms with Crippen molar-refractivity contribution in [3.63, 3.8) is 0 Å². The monoisotopic (exact) mass is 264 g/mol. The Morgan fingerprint density at radius 3 is 2.53 bits per heavy atom. The third-order valence-electron chi connectivity index (χ3n) is 3.12. The number of aromatic nitrogens is 1. The van der Waals surface area contributed by atoms with E-state index in [1.54, 1.807) is 0 Å². The molecule has 0 fully saturated rings. The smallest absolute Gasteiger partial charge is 0.137 e. The number of ether oxygens (including phenoxy) is 1. The van der Waals surface area contributed by atoms with Gasteiger partial charge in [0.25, 0.3) is 0 Å². The van der Waals surface area contributed by atoms with E-state index in [0.717, 1.165) is 37.6 Å². The van der Waals surface area contributed by atoms with Crippen molar-refractivity contribution in [2.24, 2.45) is 0 Å². The summed E-state index contributed by atoms with van der Waals surface area (Å²) in [6.07, 6.45) is 9.59. The first-order chi connectivity index (χ1) is 9.36. The summed E-state index contributed by atoms with van der Waals surface area (Å²) in [6, 6.07) is 4.04. The Morgan fingerprint density at radius 2 is 1.84 bits per heavy atom. The van der Waals surface area contributed by atoms with Gasteiger partial charge in [-0.3, -0.25) is 4.98 Å². The van der Waals surface area contributed by atoms with Crippen LogP contribution in [0.4, 0.5) is 0 Å². The topological polar surface area (TPSA) is 34.1 Å². The molecule has 0 spiro atoms. The molecule has 0 radical (unpaired) electrons. The Hall–Kier alpha value is -1.09. The summed E-state index contributed by atoms with van der Waals surface area (Å²) in [6.45, 7) is 6.94. The minimum atomic E-state index is 0.806. The zero-order valence-electron chi connectivity index (χ0n) is 12.5. The van der Waals surface area contributed by atoms with Crippen LogP contribution in [0.15, 0.2) is 18.3 Å². The van der Waals surface area contributed by atoms with Crippen molar-refractivity contribution < 1.29 is 4.74 Å². The summed E-state index contributed by atoms with van der Waals surface area (Å²) in [5.74, 6) is 0.883. The Bertz CT molecular complexity index is 311. The van der Waals surface area contributed by atoms with E-state index in [9.17, 15) is 0 Å². The van der Waals surface area contributed by atoms with Gasteiger partial charge in [0.15, 0.2) is 0 Å². The van der Waals surface area contributed by atoms with E-state index in [4.69, 9.17) is 4.74 Å². The van der Waals surface area contributed by atoms with Crippen molar-refractivity contribution >= 4 is 0 Å². The predicted molar refractivity (Wildman–Crippen MR) is 80.5 cm³/mol. The van der Waals surface area contributed by atoms with E-state index in [1.807, 2.05) is 18.3 Å². The molecule has 0 bridgehead atoms. The van der Waals surface area contributed by atoms with Crippen LogP contribution >= 0.6 is 0 Å². The highest BCUT2D eigenvalue weighted by Crippen LogP contribution is 2.11. The molecule has 0 saturated carbocycles. The number of unbranched alkanes of at least 4 members (excludes halogenated alkanes) is 5. The van der Waals surface area contributed by atoms with Gasteiger partial charge in [0.2, 0.25) is 0 Å². The van der Waals surface area contributed by atoms with Crippen LogP contribution in [0.3, 0.4) is 0 Å². The summed E-state index contributed by atoms with van der Waals surface area (Å²) in [5, 5.41) is 3.26. The second-order valence-electron chi connectivity index (χ2n) is 4.88. The molecule has 0 aliphatic heterocycles. The molecule has 0 saturated heterocycles. The SMILES string of the molecule is CCCCCCCCOc1ccc(CNCC)nc1. The van der Waals surface area contributed by atoms with Gasteiger partial charge in [0, 0.05) is 6.54 Å². The van der Waals surface area contributed by atoms with Crippen LogP contribution in [0.1, 0.15) is 58.1 Å². The highest BCUT2D eigenvalue weighted by Gasteiger charge is 1.97. The summed E-state index contributed by atoms with van der Waals surface area (Å²) < 4.78 is 5.69. The molecule has 0 aliphatic carbocycles. The predicted octanol–water partition coefficient (Wildman–Crippen LogP) is 3.93. The molecule has 19 heavy (non-hydrogen) atoms. The first-order valence-electron chi connectivity index (χ1n) is 7.65. The fourth-order valence-electron chi connectivity index (χ4n) is 1.93. The van der Waals surface area contributed by atoms with Crippen LogP contribution < -0.4 is 10.1 Å². The zero-order valence-corrected chi connectivity index (χ0v) is 12.5. The maximum absolute atomic E-state index is 5.69. The van der Waals surface area contributed by atoms with Crippen LogP contribution in [-0.2, 0) is 6.54 Å². The van der Waals surface area contributed by atoms with E-state index in [2.05, 4.69) is 24.1 Å². The molecule has 1 aromatic rings. The molecule has 1 aromatic heterocycles. The average Bonchev–Trinajstić information content (AvgIpc) is 2.45. The molecule has 0 unspecified atom stereocenters. The first kappa shape index (κ1) is 16.0. The average molecular weight is 264 g/mol. The molecular weight excluding hydrogens is 236 g/mol. The van der Waals surface area contributed by atoms with Crippen molar-refractivity contribution in [2.75, 3.05) is 13.2 Å². The molecule has 3 nitrogen and oxygen atoms in total. The number of hydrogen-bond donors (Lipinski definition) is 1. The Kier molecular flexibility index (Phi) is 9.07. The van der Waals surface area contributed by atoms with Gasteiger partial charge in [0.1, 0.15) is 5.75 Å². The van der Waals surface area contributed by atoms with Crippen molar-refractivity contribution in [2.45, 2.75) is 58.9 Å². The molecular formula is C16H28N2O. The van der Waals surface area contributed by atoms with Crippen LogP contribution in [0, 0.1) is 0 Å². The summed E-state index contributed by atoms with van der Waals surface area (Å²) >= 11 is 0. The second kappa shape index (κ2) is 10.8. The van der Waals surface area contributed by atoms with Gasteiger partial charge in [-0.2, -0.15) is 0 Å². The maximum atomic E-state index is 5.69. The standard InChI is InChI=1S/C16H28N2O/c1-3-5-6-7-8-9-12-19-16-11-10-15(18-14-16)13-17-4-2/h10-11,14,17H,3-9,12-13H2,1-2H3. The Labute approximate surface area is 117 Å². The molecule has 0 atom stereocenters. The second-order valence-corrected chi connectivity index (χ2v) is 4.88. The number of nitrogens with zero attached hydrogens (tertiary/aromatic N) is 1. The minimum absolute atomic E-state index is 0.806. The molecule has 1 rings (SSSR count). The van der Waals surface area contributed by atoms with E-state index < -0.39 is 0 Å². The largest absolute Gasteiger partial charge is 0.492 e. The fourth-order valence-corrected chi connectivity index (χ4v) is 1.93. The normalized spacial score (nSPS) is 10.6. The third kappa shape index (κ3) is 7.83. The lowest BCUT2D eigenvalue weighted by Crippen LogP contribution is -2.12. The van der Waals surface area contributed by atoms with Gasteiger partial charge in [-0.1, -0.05) is 46.0 Å². The van der Waals surface area contributed by atoms with E-state index in [0.29, 0.717) is 0 Å². The van der Waals surface area contributed by atoms with Crippen molar-refractivity contribution in [3.05, 3.63) is 24.0 Å². The first-order valence-corrected chi connectivity index (χ1v) is 7.65. The van der Waals surface area contributed by atoms with Crippen LogP contribution in [0.5, 0.6) is 5.75 Å². The van der Waals surface area contributed by atoms with Gasteiger partial charge in [-0.05, 0) is 25.1 Å². The molecule has 0 aliphatic rings. The number of pyridine rings is 1. The van der Waals surface area contributed by atoms with Gasteiger partial charge in [-0.25, -0.2) is 0 Å². The van der Waals surface area contributed by atoms with Crippen LogP contribution in [0.2, 0.25) is 0 Å². The molecule has 0 amide bonds. The molecule has 0 aromatic carbocycles. The quantitative estimate of drug-likeness (QED) is 0.615. The fraction of sp³-hybridized carbons (Fsp3) is 0.688. The van der Waals surface area contributed by atoms with Crippen LogP contribution in [0.25, 0.3) is 0 Å². The van der Waals surface area contributed by atoms with Gasteiger partial charge < -0.3 is 10.1 Å². The van der Waals surface area contributed by atoms with Crippen LogP contribution in [-0.4, -0.2) is 18.1 Å². The third-order valence-corrected chi connectivity index (χ3v) is 3.12. The molecule has 1 heterocycles. The van der Waals surface area contributed by atoms with E-state index >= 15 is 0 Å². The van der Waals surface area contributed by atoms with E-state index in [1.165, 1.54) is 32.1 Å². The summed E-state index contributed by atoms with van der Waals surface area (Å²) in [5.41, 5.74) is 1.06. The van der Waals surface area contributed by atoms with E-state index in [-0.39, 0.29) is 0 Å². The number of rotatable bonds is 11. The lowest BCUT2D eigenvalue weighted by molar-refractivity contribution is 0.303. The van der Waals surface area contributed by atoms with Crippen molar-refractivity contribution in [1.29, 1.82) is 0 Å². The Balaban J connectivity index is 2.09. The number of hydrogen-bond acceptors (Lipinski definition) is 3. The molecule has 108 valence electrons. The van der Waals surface area contributed by atoms with Gasteiger partial charge in [-0.15, -0.1) is 0 Å². The van der Waals surface area contributed by atoms with Gasteiger partial charge in [0.05, 0.1) is 18.5 Å². The van der Waals surface area contributed by atoms with Crippen molar-refractivity contribution in [1.82, 2.24) is 10.3 Å². The van der Waals surface area contributed by atoms with Crippen molar-refractivity contribution in [3.8, 4) is 5.75 Å². The highest BCUT2D eigenvalue weighted by molar-refractivity contribution is 5.19. The lowest BCUT2D eigenvalue weighted by atomic mass is 10.1. The highest BCUT2D eigenvalue weighted by atomic mass is 16.5. The molecule has 1 N–H and O–H groups in total. The summed E-state index contributed by atoms with van der Waals surface area (Å²) in [7, 11) is 0. The molecule has 3 heteroatoms. The minimum Gasteiger partial charge on any atom is -0.492 e. The Morgan fingerprint density at radius 1 is 1.05 bits per heavy atom.